The van der Waals surface area contributed by atoms with E-state index >= 15 is 0 Å². The van der Waals surface area contributed by atoms with Crippen LogP contribution >= 0.6 is 11.6 Å². The highest BCUT2D eigenvalue weighted by Gasteiger charge is 2.38. The van der Waals surface area contributed by atoms with Crippen molar-refractivity contribution in [3.05, 3.63) is 260 Å². The Bertz CT molecular complexity index is 4250. The molecule has 0 heterocycles. The van der Waals surface area contributed by atoms with Crippen LogP contribution in [0.4, 0.5) is 0 Å². The Morgan fingerprint density at radius 3 is 1.31 bits per heavy atom. The molecule has 0 saturated heterocycles. The molecule has 8 aromatic rings. The molecule has 0 bridgehead atoms. The first kappa shape index (κ1) is 104. The summed E-state index contributed by atoms with van der Waals surface area (Å²) in [4.78, 5) is 96.4. The molecule has 0 aromatic heterocycles. The molecule has 24 heteroatoms. The Hall–Kier alpha value is -10.7. The Balaban J connectivity index is 0.000000455. The lowest BCUT2D eigenvalue weighted by Crippen LogP contribution is -2.41. The van der Waals surface area contributed by atoms with Gasteiger partial charge in [0, 0.05) is 18.1 Å². The lowest BCUT2D eigenvalue weighted by atomic mass is 9.74. The summed E-state index contributed by atoms with van der Waals surface area (Å²) in [6, 6.07) is 58.0. The summed E-state index contributed by atoms with van der Waals surface area (Å²) in [5.41, 5.74) is 8.43. The predicted octanol–water partition coefficient (Wildman–Crippen LogP) is 17.7. The summed E-state index contributed by atoms with van der Waals surface area (Å²) in [7, 11) is 8.63. The smallest absolute Gasteiger partial charge is 0.335 e. The zero-order valence-corrected chi connectivity index (χ0v) is 71.4. The van der Waals surface area contributed by atoms with Gasteiger partial charge in [-0.2, -0.15) is 0 Å². The number of fused-ring (bicyclic) bond motifs is 1. The zero-order chi connectivity index (χ0) is 88.5. The summed E-state index contributed by atoms with van der Waals surface area (Å²) in [6.07, 6.45) is 23.4. The number of carboxylic acid groups (broad SMARTS) is 9. The average Bonchev–Trinajstić information content (AvgIpc) is 0.838. The van der Waals surface area contributed by atoms with Crippen molar-refractivity contribution >= 4 is 76.1 Å². The summed E-state index contributed by atoms with van der Waals surface area (Å²) in [6.45, 7) is 9.45. The Labute approximate surface area is 707 Å². The highest BCUT2D eigenvalue weighted by molar-refractivity contribution is 6.31. The van der Waals surface area contributed by atoms with Gasteiger partial charge in [0.15, 0.2) is 0 Å². The van der Waals surface area contributed by atoms with Gasteiger partial charge in [-0.05, 0) is 210 Å². The molecule has 0 amide bonds. The maximum absolute atomic E-state index is 11.0. The average molecular weight is 1660 g/mol. The molecule has 10 rings (SSSR count). The van der Waals surface area contributed by atoms with Gasteiger partial charge in [-0.15, -0.1) is 0 Å². The number of hydrogen-bond donors (Lipinski definition) is 14. The van der Waals surface area contributed by atoms with E-state index in [0.29, 0.717) is 53.6 Å². The molecule has 8 aromatic carbocycles. The number of hydrogen-bond acceptors (Lipinski definition) is 14. The largest absolute Gasteiger partial charge is 0.481 e. The predicted molar refractivity (Wildman–Crippen MR) is 472 cm³/mol. The van der Waals surface area contributed by atoms with Crippen LogP contribution < -0.4 is 26.6 Å². The third kappa shape index (κ3) is 42.5. The second-order valence-electron chi connectivity index (χ2n) is 29.2. The van der Waals surface area contributed by atoms with Crippen LogP contribution in [0.3, 0.4) is 0 Å². The fraction of sp³-hybridized carbons (Fsp3) is 0.421. The number of nitrogens with one attached hydrogen (secondary N) is 5. The number of benzene rings is 8. The van der Waals surface area contributed by atoms with E-state index in [-0.39, 0.29) is 11.6 Å². The molecule has 119 heavy (non-hydrogen) atoms. The minimum Gasteiger partial charge on any atom is -0.481 e. The van der Waals surface area contributed by atoms with Crippen molar-refractivity contribution in [1.29, 1.82) is 0 Å². The van der Waals surface area contributed by atoms with Crippen LogP contribution in [0.1, 0.15) is 223 Å². The first-order valence-electron chi connectivity index (χ1n) is 41.0. The fourth-order valence-corrected chi connectivity index (χ4v) is 13.5. The third-order valence-electron chi connectivity index (χ3n) is 20.0. The monoisotopic (exact) mass is 1660 g/mol. The van der Waals surface area contributed by atoms with Gasteiger partial charge in [0.05, 0.1) is 33.6 Å². The van der Waals surface area contributed by atoms with Crippen LogP contribution in [-0.2, 0) is 62.5 Å². The lowest BCUT2D eigenvalue weighted by molar-refractivity contribution is -0.151. The number of aryl methyl sites for hydroxylation is 5. The molecule has 2 aliphatic carbocycles. The first-order chi connectivity index (χ1) is 57.0. The van der Waals surface area contributed by atoms with Gasteiger partial charge in [-0.1, -0.05) is 262 Å². The molecule has 14 N–H and O–H groups in total. The summed E-state index contributed by atoms with van der Waals surface area (Å²) < 4.78 is 0. The Kier molecular flexibility index (Phi) is 53.3. The summed E-state index contributed by atoms with van der Waals surface area (Å²) >= 11 is 5.89. The van der Waals surface area contributed by atoms with Crippen LogP contribution in [0, 0.1) is 11.3 Å². The van der Waals surface area contributed by atoms with Crippen molar-refractivity contribution in [3.63, 3.8) is 0 Å². The zero-order valence-electron chi connectivity index (χ0n) is 70.6. The van der Waals surface area contributed by atoms with Gasteiger partial charge in [0.1, 0.15) is 18.1 Å². The first-order valence-corrected chi connectivity index (χ1v) is 41.4. The molecule has 2 saturated carbocycles. The fourth-order valence-electron chi connectivity index (χ4n) is 13.2. The number of halogens is 1. The molecule has 0 spiro atoms. The molecule has 4 unspecified atom stereocenters. The van der Waals surface area contributed by atoms with E-state index in [2.05, 4.69) is 54.3 Å². The van der Waals surface area contributed by atoms with E-state index in [0.717, 1.165) is 118 Å². The van der Waals surface area contributed by atoms with Crippen LogP contribution in [0.25, 0.3) is 10.8 Å². The van der Waals surface area contributed by atoms with E-state index in [1.807, 2.05) is 141 Å². The van der Waals surface area contributed by atoms with E-state index in [1.165, 1.54) is 73.1 Å². The Morgan fingerprint density at radius 1 is 0.395 bits per heavy atom. The number of aliphatic carboxylic acids is 5. The van der Waals surface area contributed by atoms with Crippen LogP contribution in [0.5, 0.6) is 0 Å². The number of rotatable bonds is 33. The standard InChI is InChI=1S/C14H15NO2.C11H15NO2.C11H14O2.C10H11ClO2.C10H13NO2.C10H19NO2.2C10H12O2.C9H17NO2/c1-15-13(14(16)17)9-10-6-7-11-4-2-3-5-12(11)8-10;1-12-10(11(13)14)8-7-9-5-3-2-4-6-9;1-2-3-4-9-5-7-10(8-6-9)11(12)13;1-2-3-7-4-5-8(10(12)13)6-9(7)11;1-11-7-9(10(12)13)8-5-3-2-4-6-8;1-11-9(10(12)13)7-8-5-3-2-4-6-8;1-2-4-8-5-3-6-9(7-8)10(11)12;1-2-3-8-4-6-9(7-5-8)10(11)12;1-10-7-9(8(11)12)5-3-2-4-6-9/h2-8,13,15H,9H2,1H3,(H,16,17);2-6,10,12H,7-8H2,1H3,(H,13,14);5-8H,2-4H2,1H3,(H,12,13);4-6H,2-3H2,1H3,(H,12,13);2-6,9,11H,7H2,1H3,(H,12,13);8-9,11H,2-7H2,1H3,(H,12,13);3,5-7H,2,4H2,1H3,(H,11,12);4-7H,2-3H2,1H3,(H,11,12);10H,2-7H2,1H3,(H,11,12). The number of likely N-dealkylation sites (N-methyl/N-ethyl adjacent to an activating group) is 4. The van der Waals surface area contributed by atoms with E-state index in [4.69, 9.17) is 57.6 Å². The molecule has 648 valence electrons. The van der Waals surface area contributed by atoms with Crippen molar-refractivity contribution in [1.82, 2.24) is 26.6 Å². The molecule has 4 atom stereocenters. The van der Waals surface area contributed by atoms with Crippen LogP contribution in [0.2, 0.25) is 5.02 Å². The quantitative estimate of drug-likeness (QED) is 0.0182. The second kappa shape index (κ2) is 60.8. The van der Waals surface area contributed by atoms with Gasteiger partial charge in [-0.25, -0.2) is 19.2 Å². The summed E-state index contributed by atoms with van der Waals surface area (Å²) in [5.74, 6) is -7.08. The number of carboxylic acids is 9. The molecule has 0 radical (unpaired) electrons. The second-order valence-corrected chi connectivity index (χ2v) is 29.6. The molecular weight excluding hydrogens is 1530 g/mol. The van der Waals surface area contributed by atoms with Crippen LogP contribution in [0.15, 0.2) is 194 Å². The van der Waals surface area contributed by atoms with E-state index in [9.17, 15) is 43.2 Å². The Morgan fingerprint density at radius 2 is 0.849 bits per heavy atom. The minimum absolute atomic E-state index is 0.241. The molecule has 0 aliphatic heterocycles. The van der Waals surface area contributed by atoms with Crippen molar-refractivity contribution in [2.24, 2.45) is 11.3 Å². The van der Waals surface area contributed by atoms with Gasteiger partial charge in [0.25, 0.3) is 0 Å². The van der Waals surface area contributed by atoms with Gasteiger partial charge in [-0.3, -0.25) is 24.0 Å². The van der Waals surface area contributed by atoms with Gasteiger partial charge < -0.3 is 72.5 Å². The van der Waals surface area contributed by atoms with Gasteiger partial charge in [0.2, 0.25) is 0 Å². The van der Waals surface area contributed by atoms with E-state index < -0.39 is 77.1 Å². The number of carbonyl (C=O) groups is 9. The lowest BCUT2D eigenvalue weighted by Gasteiger charge is -2.32. The topological polar surface area (TPSA) is 396 Å². The summed E-state index contributed by atoms with van der Waals surface area (Å²) in [5, 5.41) is 96.3. The molecule has 2 aliphatic rings. The SMILES string of the molecule is CCCCc1ccc(C(=O)O)cc1.CCCc1ccc(C(=O)O)cc1.CCCc1ccc(C(=O)O)cc1Cl.CCCc1cccc(C(=O)O)c1.CNC(CC1CCCCC1)C(=O)O.CNC(CCc1ccccc1)C(=O)O.CNC(Cc1ccc2ccccc2c1)C(=O)O.CNCC(C(=O)O)c1ccccc1.CNCC1(C(=O)O)CCCCC1. The number of unbranched alkanes of at least 4 members (excludes halogenated alkanes) is 1. The van der Waals surface area contributed by atoms with Crippen molar-refractivity contribution in [3.8, 4) is 0 Å². The normalized spacial score (nSPS) is 13.3. The molecular formula is C95H128ClN5O18. The van der Waals surface area contributed by atoms with Crippen molar-refractivity contribution < 1.29 is 89.1 Å². The maximum atomic E-state index is 11.0. The van der Waals surface area contributed by atoms with Gasteiger partial charge >= 0.3 is 53.7 Å². The maximum Gasteiger partial charge on any atom is 0.335 e. The van der Waals surface area contributed by atoms with Crippen molar-refractivity contribution in [2.75, 3.05) is 48.3 Å². The van der Waals surface area contributed by atoms with Crippen molar-refractivity contribution in [2.45, 2.75) is 199 Å². The molecule has 2 fully saturated rings. The minimum atomic E-state index is -0.940. The molecule has 23 nitrogen and oxygen atoms in total. The highest BCUT2D eigenvalue weighted by Crippen LogP contribution is 2.36. The van der Waals surface area contributed by atoms with Crippen LogP contribution in [-0.4, -0.2) is 166 Å². The van der Waals surface area contributed by atoms with E-state index in [1.54, 1.807) is 82.8 Å². The highest BCUT2D eigenvalue weighted by atomic mass is 35.5. The third-order valence-corrected chi connectivity index (χ3v) is 20.4. The number of aromatic carboxylic acids is 4.